The zero-order valence-corrected chi connectivity index (χ0v) is 8.54. The van der Waals surface area contributed by atoms with Gasteiger partial charge in [0.15, 0.2) is 0 Å². The van der Waals surface area contributed by atoms with E-state index < -0.39 is 12.2 Å². The van der Waals surface area contributed by atoms with E-state index in [4.69, 9.17) is 4.74 Å². The van der Waals surface area contributed by atoms with Crippen molar-refractivity contribution >= 4 is 0 Å². The molecule has 2 rings (SSSR count). The third-order valence-corrected chi connectivity index (χ3v) is 2.78. The Morgan fingerprint density at radius 1 is 1.07 bits per heavy atom. The lowest BCUT2D eigenvalue weighted by Crippen LogP contribution is -2.17. The molecule has 1 saturated carbocycles. The van der Waals surface area contributed by atoms with Crippen LogP contribution in [0.5, 0.6) is 0 Å². The fraction of sp³-hybridized carbons (Fsp3) is 0.500. The summed E-state index contributed by atoms with van der Waals surface area (Å²) >= 11 is 0. The molecule has 3 nitrogen and oxygen atoms in total. The van der Waals surface area contributed by atoms with E-state index in [1.54, 1.807) is 0 Å². The van der Waals surface area contributed by atoms with E-state index in [0.717, 1.165) is 5.56 Å². The summed E-state index contributed by atoms with van der Waals surface area (Å²) < 4.78 is 5.61. The highest BCUT2D eigenvalue weighted by atomic mass is 16.5. The predicted molar refractivity (Wildman–Crippen MR) is 56.3 cm³/mol. The molecule has 1 aromatic rings. The molecule has 3 atom stereocenters. The zero-order valence-electron chi connectivity index (χ0n) is 8.54. The number of hydrogen-bond acceptors (Lipinski definition) is 3. The van der Waals surface area contributed by atoms with Crippen molar-refractivity contribution in [3.8, 4) is 0 Å². The molecular weight excluding hydrogens is 192 g/mol. The lowest BCUT2D eigenvalue weighted by molar-refractivity contribution is 0.0354. The maximum Gasteiger partial charge on any atom is 0.0824 e. The fourth-order valence-corrected chi connectivity index (χ4v) is 1.87. The first-order chi connectivity index (χ1) is 7.25. The molecule has 1 aliphatic rings. The molecule has 1 fully saturated rings. The third kappa shape index (κ3) is 2.78. The summed E-state index contributed by atoms with van der Waals surface area (Å²) in [6.07, 6.45) is -0.186. The van der Waals surface area contributed by atoms with Crippen molar-refractivity contribution in [3.05, 3.63) is 35.9 Å². The molecule has 3 heteroatoms. The molecule has 2 unspecified atom stereocenters. The van der Waals surface area contributed by atoms with Gasteiger partial charge in [-0.3, -0.25) is 0 Å². The van der Waals surface area contributed by atoms with Crippen LogP contribution in [0.4, 0.5) is 0 Å². The Morgan fingerprint density at radius 3 is 2.27 bits per heavy atom. The summed E-state index contributed by atoms with van der Waals surface area (Å²) in [6.45, 7) is 0.547. The molecule has 1 aliphatic carbocycles. The minimum Gasteiger partial charge on any atom is -0.390 e. The van der Waals surface area contributed by atoms with E-state index in [0.29, 0.717) is 19.4 Å². The zero-order chi connectivity index (χ0) is 10.7. The van der Waals surface area contributed by atoms with Crippen LogP contribution in [-0.2, 0) is 11.3 Å². The highest BCUT2D eigenvalue weighted by Gasteiger charge is 2.31. The standard InChI is InChI=1S/C12H16O3/c13-11-6-10(7-12(11)14)15-8-9-4-2-1-3-5-9/h1-5,10-14H,6-8H2/t10?,11-,12?/m1/s1. The van der Waals surface area contributed by atoms with Crippen molar-refractivity contribution in [1.82, 2.24) is 0 Å². The molecule has 0 saturated heterocycles. The second kappa shape index (κ2) is 4.75. The Balaban J connectivity index is 1.80. The van der Waals surface area contributed by atoms with Gasteiger partial charge < -0.3 is 14.9 Å². The van der Waals surface area contributed by atoms with Gasteiger partial charge in [0.1, 0.15) is 0 Å². The lowest BCUT2D eigenvalue weighted by Gasteiger charge is -2.10. The van der Waals surface area contributed by atoms with Gasteiger partial charge in [0.2, 0.25) is 0 Å². The van der Waals surface area contributed by atoms with Gasteiger partial charge in [-0.1, -0.05) is 30.3 Å². The van der Waals surface area contributed by atoms with Crippen LogP contribution in [0.2, 0.25) is 0 Å². The van der Waals surface area contributed by atoms with Gasteiger partial charge in [-0.15, -0.1) is 0 Å². The van der Waals surface area contributed by atoms with Gasteiger partial charge in [0, 0.05) is 12.8 Å². The van der Waals surface area contributed by atoms with E-state index in [2.05, 4.69) is 0 Å². The highest BCUT2D eigenvalue weighted by Crippen LogP contribution is 2.23. The molecule has 2 N–H and O–H groups in total. The van der Waals surface area contributed by atoms with E-state index in [1.165, 1.54) is 0 Å². The fourth-order valence-electron chi connectivity index (χ4n) is 1.87. The van der Waals surface area contributed by atoms with Crippen LogP contribution in [0.1, 0.15) is 18.4 Å². The van der Waals surface area contributed by atoms with Gasteiger partial charge in [-0.25, -0.2) is 0 Å². The normalized spacial score (nSPS) is 30.7. The Morgan fingerprint density at radius 2 is 1.67 bits per heavy atom. The molecule has 0 aromatic heterocycles. The average Bonchev–Trinajstić information content (AvgIpc) is 2.57. The Labute approximate surface area is 89.3 Å². The van der Waals surface area contributed by atoms with E-state index in [9.17, 15) is 10.2 Å². The number of rotatable bonds is 3. The van der Waals surface area contributed by atoms with Crippen LogP contribution >= 0.6 is 0 Å². The molecule has 15 heavy (non-hydrogen) atoms. The number of benzene rings is 1. The molecule has 0 spiro atoms. The van der Waals surface area contributed by atoms with Crippen LogP contribution in [-0.4, -0.2) is 28.5 Å². The van der Waals surface area contributed by atoms with Crippen molar-refractivity contribution < 1.29 is 14.9 Å². The quantitative estimate of drug-likeness (QED) is 0.781. The molecule has 0 aliphatic heterocycles. The predicted octanol–water partition coefficient (Wildman–Crippen LogP) is 1.09. The highest BCUT2D eigenvalue weighted by molar-refractivity contribution is 5.13. The average molecular weight is 208 g/mol. The number of aliphatic hydroxyl groups is 2. The molecule has 0 bridgehead atoms. The van der Waals surface area contributed by atoms with Gasteiger partial charge in [0.25, 0.3) is 0 Å². The number of aliphatic hydroxyl groups excluding tert-OH is 2. The molecule has 0 amide bonds. The first-order valence-electron chi connectivity index (χ1n) is 5.27. The second-order valence-corrected chi connectivity index (χ2v) is 4.02. The topological polar surface area (TPSA) is 49.7 Å². The molecule has 0 radical (unpaired) electrons. The minimum atomic E-state index is -0.620. The summed E-state index contributed by atoms with van der Waals surface area (Å²) in [4.78, 5) is 0. The van der Waals surface area contributed by atoms with Crippen LogP contribution < -0.4 is 0 Å². The van der Waals surface area contributed by atoms with E-state index in [1.807, 2.05) is 30.3 Å². The Kier molecular flexibility index (Phi) is 3.36. The number of ether oxygens (including phenoxy) is 1. The number of hydrogen-bond donors (Lipinski definition) is 2. The summed E-state index contributed by atoms with van der Waals surface area (Å²) in [6, 6.07) is 9.91. The van der Waals surface area contributed by atoms with Crippen molar-refractivity contribution in [2.75, 3.05) is 0 Å². The van der Waals surface area contributed by atoms with Crippen LogP contribution in [0, 0.1) is 0 Å². The maximum atomic E-state index is 9.34. The van der Waals surface area contributed by atoms with Crippen molar-refractivity contribution in [2.45, 2.75) is 37.8 Å². The second-order valence-electron chi connectivity index (χ2n) is 4.02. The van der Waals surface area contributed by atoms with E-state index >= 15 is 0 Å². The van der Waals surface area contributed by atoms with Gasteiger partial charge >= 0.3 is 0 Å². The molecule has 1 aromatic carbocycles. The van der Waals surface area contributed by atoms with E-state index in [-0.39, 0.29) is 6.10 Å². The van der Waals surface area contributed by atoms with Gasteiger partial charge in [-0.05, 0) is 5.56 Å². The Hall–Kier alpha value is -0.900. The molecule has 0 heterocycles. The monoisotopic (exact) mass is 208 g/mol. The van der Waals surface area contributed by atoms with Gasteiger partial charge in [0.05, 0.1) is 24.9 Å². The maximum absolute atomic E-state index is 9.34. The summed E-state index contributed by atoms with van der Waals surface area (Å²) in [7, 11) is 0. The summed E-state index contributed by atoms with van der Waals surface area (Å²) in [5.41, 5.74) is 1.12. The molecular formula is C12H16O3. The van der Waals surface area contributed by atoms with Crippen molar-refractivity contribution in [2.24, 2.45) is 0 Å². The lowest BCUT2D eigenvalue weighted by atomic mass is 10.2. The summed E-state index contributed by atoms with van der Waals surface area (Å²) in [5, 5.41) is 18.7. The molecule has 82 valence electrons. The van der Waals surface area contributed by atoms with Crippen LogP contribution in [0.3, 0.4) is 0 Å². The van der Waals surface area contributed by atoms with Crippen molar-refractivity contribution in [1.29, 1.82) is 0 Å². The van der Waals surface area contributed by atoms with Crippen molar-refractivity contribution in [3.63, 3.8) is 0 Å². The summed E-state index contributed by atoms with van der Waals surface area (Å²) in [5.74, 6) is 0. The minimum absolute atomic E-state index is 0.0183. The first kappa shape index (κ1) is 10.6. The largest absolute Gasteiger partial charge is 0.390 e. The van der Waals surface area contributed by atoms with Gasteiger partial charge in [-0.2, -0.15) is 0 Å². The first-order valence-corrected chi connectivity index (χ1v) is 5.27. The SMILES string of the molecule is OC1CC(OCc2ccccc2)C[C@H]1O. The van der Waals surface area contributed by atoms with Crippen LogP contribution in [0.15, 0.2) is 30.3 Å². The third-order valence-electron chi connectivity index (χ3n) is 2.78. The van der Waals surface area contributed by atoms with Crippen LogP contribution in [0.25, 0.3) is 0 Å². The smallest absolute Gasteiger partial charge is 0.0824 e. The Bertz CT molecular complexity index is 289.